The molecule has 0 radical (unpaired) electrons. The molecule has 1 aliphatic rings. The first-order chi connectivity index (χ1) is 9.93. The van der Waals surface area contributed by atoms with E-state index < -0.39 is 0 Å². The molecule has 1 saturated heterocycles. The van der Waals surface area contributed by atoms with Crippen molar-refractivity contribution < 1.29 is 4.79 Å². The van der Waals surface area contributed by atoms with Gasteiger partial charge in [0.2, 0.25) is 0 Å². The molecule has 21 heavy (non-hydrogen) atoms. The van der Waals surface area contributed by atoms with Gasteiger partial charge < -0.3 is 15.5 Å². The average Bonchev–Trinajstić information content (AvgIpc) is 2.83. The monoisotopic (exact) mass is 310 g/mol. The van der Waals surface area contributed by atoms with Crippen molar-refractivity contribution in [2.24, 2.45) is 5.92 Å². The van der Waals surface area contributed by atoms with Crippen molar-refractivity contribution in [2.75, 3.05) is 30.8 Å². The molecule has 2 unspecified atom stereocenters. The minimum atomic E-state index is 0.0419. The van der Waals surface area contributed by atoms with Crippen LogP contribution in [0.3, 0.4) is 0 Å². The van der Waals surface area contributed by atoms with Crippen molar-refractivity contribution in [1.29, 1.82) is 0 Å². The zero-order valence-electron chi connectivity index (χ0n) is 13.4. The van der Waals surface area contributed by atoms with Gasteiger partial charge in [0.15, 0.2) is 5.13 Å². The van der Waals surface area contributed by atoms with Gasteiger partial charge in [0.05, 0.1) is 0 Å². The number of nitrogens with zero attached hydrogens (tertiary/aromatic N) is 3. The van der Waals surface area contributed by atoms with Crippen molar-refractivity contribution >= 4 is 28.2 Å². The predicted octanol–water partition coefficient (Wildman–Crippen LogP) is 2.83. The summed E-state index contributed by atoms with van der Waals surface area (Å²) >= 11 is 1.41. The van der Waals surface area contributed by atoms with Gasteiger partial charge in [-0.05, 0) is 32.1 Å². The molecule has 0 spiro atoms. The summed E-state index contributed by atoms with van der Waals surface area (Å²) in [6, 6.07) is 0.284. The fraction of sp³-hybridized carbons (Fsp3) is 0.733. The summed E-state index contributed by atoms with van der Waals surface area (Å²) in [4.78, 5) is 21.7. The lowest BCUT2D eigenvalue weighted by atomic mass is 9.95. The van der Waals surface area contributed by atoms with Gasteiger partial charge >= 0.3 is 0 Å². The number of nitrogens with two attached hydrogens (primary N) is 1. The summed E-state index contributed by atoms with van der Waals surface area (Å²) in [5.41, 5.74) is 5.99. The van der Waals surface area contributed by atoms with Crippen LogP contribution >= 0.6 is 11.3 Å². The molecule has 2 atom stereocenters. The maximum Gasteiger partial charge on any atom is 0.268 e. The maximum atomic E-state index is 12.8. The normalized spacial score (nSPS) is 22.4. The Morgan fingerprint density at radius 1 is 1.48 bits per heavy atom. The number of aromatic nitrogens is 1. The van der Waals surface area contributed by atoms with E-state index in [9.17, 15) is 4.79 Å². The van der Waals surface area contributed by atoms with E-state index in [1.807, 2.05) is 11.9 Å². The summed E-state index contributed by atoms with van der Waals surface area (Å²) in [6.45, 7) is 8.17. The molecule has 0 saturated carbocycles. The van der Waals surface area contributed by atoms with Gasteiger partial charge in [0.1, 0.15) is 10.7 Å². The van der Waals surface area contributed by atoms with E-state index in [0.717, 1.165) is 31.1 Å². The Bertz CT molecular complexity index is 502. The van der Waals surface area contributed by atoms with Gasteiger partial charge in [0, 0.05) is 26.2 Å². The first kappa shape index (κ1) is 16.1. The number of likely N-dealkylation sites (tertiary alicyclic amines) is 1. The minimum absolute atomic E-state index is 0.0419. The molecule has 1 fully saturated rings. The van der Waals surface area contributed by atoms with E-state index in [-0.39, 0.29) is 11.9 Å². The maximum absolute atomic E-state index is 12.8. The third-order valence-electron chi connectivity index (χ3n) is 4.10. The lowest BCUT2D eigenvalue weighted by molar-refractivity contribution is 0.0580. The Kier molecular flexibility index (Phi) is 5.08. The van der Waals surface area contributed by atoms with Crippen molar-refractivity contribution in [3.05, 3.63) is 4.88 Å². The number of hydrogen-bond acceptors (Lipinski definition) is 5. The van der Waals surface area contributed by atoms with E-state index in [1.165, 1.54) is 17.8 Å². The highest BCUT2D eigenvalue weighted by molar-refractivity contribution is 7.18. The predicted molar refractivity (Wildman–Crippen MR) is 89.0 cm³/mol. The van der Waals surface area contributed by atoms with Gasteiger partial charge in [-0.15, -0.1) is 0 Å². The highest BCUT2D eigenvalue weighted by Crippen LogP contribution is 2.31. The lowest BCUT2D eigenvalue weighted by Gasteiger charge is -2.36. The molecule has 0 bridgehead atoms. The number of rotatable bonds is 4. The second-order valence-corrected chi connectivity index (χ2v) is 7.10. The number of carbonyl (C=O) groups excluding carboxylic acids is 1. The molecule has 2 N–H and O–H groups in total. The first-order valence-electron chi connectivity index (χ1n) is 7.72. The summed E-state index contributed by atoms with van der Waals surface area (Å²) in [5, 5.41) is 0.829. The van der Waals surface area contributed by atoms with Crippen molar-refractivity contribution in [3.63, 3.8) is 0 Å². The van der Waals surface area contributed by atoms with Crippen LogP contribution in [0.5, 0.6) is 0 Å². The SMILES string of the molecule is CCCN(C)c1nc(N)c(C(=O)N2CC(C)CCC2C)s1. The zero-order valence-corrected chi connectivity index (χ0v) is 14.2. The fourth-order valence-corrected chi connectivity index (χ4v) is 3.70. The van der Waals surface area contributed by atoms with E-state index in [0.29, 0.717) is 16.6 Å². The van der Waals surface area contributed by atoms with Crippen LogP contribution in [0, 0.1) is 5.92 Å². The second-order valence-electron chi connectivity index (χ2n) is 6.12. The molecule has 118 valence electrons. The van der Waals surface area contributed by atoms with Crippen molar-refractivity contribution in [2.45, 2.75) is 46.1 Å². The van der Waals surface area contributed by atoms with Crippen LogP contribution in [0.4, 0.5) is 10.9 Å². The van der Waals surface area contributed by atoms with Crippen LogP contribution < -0.4 is 10.6 Å². The largest absolute Gasteiger partial charge is 0.382 e. The van der Waals surface area contributed by atoms with E-state index in [4.69, 9.17) is 5.73 Å². The fourth-order valence-electron chi connectivity index (χ4n) is 2.77. The lowest BCUT2D eigenvalue weighted by Crippen LogP contribution is -2.44. The zero-order chi connectivity index (χ0) is 15.6. The Labute approximate surface area is 131 Å². The van der Waals surface area contributed by atoms with Crippen LogP contribution in [0.15, 0.2) is 0 Å². The Morgan fingerprint density at radius 2 is 2.19 bits per heavy atom. The number of carbonyl (C=O) groups is 1. The van der Waals surface area contributed by atoms with Crippen LogP contribution in [0.1, 0.15) is 49.7 Å². The van der Waals surface area contributed by atoms with Gasteiger partial charge in [0.25, 0.3) is 5.91 Å². The molecular weight excluding hydrogens is 284 g/mol. The molecule has 2 rings (SSSR count). The molecule has 6 heteroatoms. The molecule has 1 amide bonds. The molecule has 1 aromatic rings. The van der Waals surface area contributed by atoms with Crippen LogP contribution in [-0.4, -0.2) is 42.0 Å². The highest BCUT2D eigenvalue weighted by atomic mass is 32.1. The summed E-state index contributed by atoms with van der Waals surface area (Å²) in [6.07, 6.45) is 3.29. The van der Waals surface area contributed by atoms with Gasteiger partial charge in [-0.1, -0.05) is 25.2 Å². The van der Waals surface area contributed by atoms with Gasteiger partial charge in [-0.25, -0.2) is 4.98 Å². The summed E-state index contributed by atoms with van der Waals surface area (Å²) in [5.74, 6) is 0.968. The highest BCUT2D eigenvalue weighted by Gasteiger charge is 2.30. The minimum Gasteiger partial charge on any atom is -0.382 e. The molecule has 5 nitrogen and oxygen atoms in total. The first-order valence-corrected chi connectivity index (χ1v) is 8.54. The molecule has 1 aliphatic heterocycles. The van der Waals surface area contributed by atoms with Crippen molar-refractivity contribution in [1.82, 2.24) is 9.88 Å². The molecule has 2 heterocycles. The number of hydrogen-bond donors (Lipinski definition) is 1. The van der Waals surface area contributed by atoms with Crippen LogP contribution in [0.25, 0.3) is 0 Å². The Morgan fingerprint density at radius 3 is 2.86 bits per heavy atom. The smallest absolute Gasteiger partial charge is 0.268 e. The summed E-state index contributed by atoms with van der Waals surface area (Å²) in [7, 11) is 1.99. The van der Waals surface area contributed by atoms with Crippen molar-refractivity contribution in [3.8, 4) is 0 Å². The number of thiazole rings is 1. The number of nitrogen functional groups attached to an aromatic ring is 1. The van der Waals surface area contributed by atoms with E-state index in [1.54, 1.807) is 0 Å². The quantitative estimate of drug-likeness (QED) is 0.929. The van der Waals surface area contributed by atoms with Crippen LogP contribution in [0.2, 0.25) is 0 Å². The third-order valence-corrected chi connectivity index (χ3v) is 5.27. The van der Waals surface area contributed by atoms with Gasteiger partial charge in [-0.2, -0.15) is 0 Å². The van der Waals surface area contributed by atoms with E-state index >= 15 is 0 Å². The second kappa shape index (κ2) is 6.64. The van der Waals surface area contributed by atoms with E-state index in [2.05, 4.69) is 30.7 Å². The summed E-state index contributed by atoms with van der Waals surface area (Å²) < 4.78 is 0. The average molecular weight is 310 g/mol. The number of anilines is 2. The number of amides is 1. The molecule has 1 aromatic heterocycles. The molecular formula is C15H26N4OS. The Hall–Kier alpha value is -1.30. The topological polar surface area (TPSA) is 62.5 Å². The molecule has 0 aromatic carbocycles. The number of piperidine rings is 1. The van der Waals surface area contributed by atoms with Crippen LogP contribution in [-0.2, 0) is 0 Å². The van der Waals surface area contributed by atoms with Gasteiger partial charge in [-0.3, -0.25) is 4.79 Å². The molecule has 0 aliphatic carbocycles. The third kappa shape index (κ3) is 3.48. The Balaban J connectivity index is 2.19. The standard InChI is InChI=1S/C15H26N4OS/c1-5-8-18(4)15-17-13(16)12(21-15)14(20)19-9-10(2)6-7-11(19)3/h10-11H,5-9,16H2,1-4H3.